The summed E-state index contributed by atoms with van der Waals surface area (Å²) in [7, 11) is -3.27. The van der Waals surface area contributed by atoms with Gasteiger partial charge in [-0.05, 0) is 80.8 Å². The Morgan fingerprint density at radius 1 is 1.00 bits per heavy atom. The molecule has 1 unspecified atom stereocenters. The zero-order valence-corrected chi connectivity index (χ0v) is 21.3. The van der Waals surface area contributed by atoms with Crippen LogP contribution >= 0.6 is 0 Å². The van der Waals surface area contributed by atoms with Crippen molar-refractivity contribution in [3.63, 3.8) is 0 Å². The number of rotatable bonds is 8. The van der Waals surface area contributed by atoms with Crippen LogP contribution in [-0.4, -0.2) is 37.6 Å². The molecule has 7 heteroatoms. The number of para-hydroxylation sites is 1. The maximum Gasteiger partial charge on any atom is 0.252 e. The molecule has 6 rings (SSSR count). The molecule has 3 fully saturated rings. The van der Waals surface area contributed by atoms with Gasteiger partial charge in [0, 0.05) is 23.0 Å². The van der Waals surface area contributed by atoms with Gasteiger partial charge in [0.15, 0.2) is 9.84 Å². The van der Waals surface area contributed by atoms with E-state index in [0.717, 1.165) is 73.7 Å². The molecule has 1 saturated heterocycles. The molecule has 0 radical (unpaired) electrons. The number of carbonyl (C=O) groups excluding carboxylic acids is 1. The lowest BCUT2D eigenvalue weighted by molar-refractivity contribution is 0.0924. The third-order valence-electron chi connectivity index (χ3n) is 7.76. The molecule has 2 atom stereocenters. The van der Waals surface area contributed by atoms with Gasteiger partial charge in [0.2, 0.25) is 0 Å². The molecule has 2 N–H and O–H groups in total. The smallest absolute Gasteiger partial charge is 0.252 e. The molecule has 2 aromatic carbocycles. The molecule has 1 amide bonds. The van der Waals surface area contributed by atoms with Crippen LogP contribution in [0.25, 0.3) is 10.9 Å². The Hall–Kier alpha value is -2.77. The van der Waals surface area contributed by atoms with Crippen molar-refractivity contribution in [2.75, 3.05) is 12.3 Å². The highest BCUT2D eigenvalue weighted by atomic mass is 32.2. The van der Waals surface area contributed by atoms with Crippen molar-refractivity contribution in [3.05, 3.63) is 71.4 Å². The summed E-state index contributed by atoms with van der Waals surface area (Å²) in [5, 5.41) is 7.76. The molecule has 1 aliphatic heterocycles. The van der Waals surface area contributed by atoms with Crippen molar-refractivity contribution >= 4 is 26.6 Å². The summed E-state index contributed by atoms with van der Waals surface area (Å²) >= 11 is 0. The van der Waals surface area contributed by atoms with Crippen LogP contribution in [0.1, 0.15) is 78.5 Å². The fourth-order valence-corrected chi connectivity index (χ4v) is 7.04. The van der Waals surface area contributed by atoms with Crippen molar-refractivity contribution in [2.24, 2.45) is 5.92 Å². The van der Waals surface area contributed by atoms with E-state index in [9.17, 15) is 13.2 Å². The normalized spacial score (nSPS) is 21.3. The molecule has 1 aromatic heterocycles. The third kappa shape index (κ3) is 5.04. The second-order valence-electron chi connectivity index (χ2n) is 10.7. The Kier molecular flexibility index (Phi) is 6.30. The first-order chi connectivity index (χ1) is 17.5. The predicted molar refractivity (Wildman–Crippen MR) is 141 cm³/mol. The first kappa shape index (κ1) is 23.6. The summed E-state index contributed by atoms with van der Waals surface area (Å²) in [5.74, 6) is 0.874. The lowest BCUT2D eigenvalue weighted by atomic mass is 9.92. The number of aromatic nitrogens is 1. The van der Waals surface area contributed by atoms with Gasteiger partial charge in [-0.25, -0.2) is 8.42 Å². The molecule has 188 valence electrons. The number of nitrogens with zero attached hydrogens (tertiary/aromatic N) is 1. The van der Waals surface area contributed by atoms with Crippen LogP contribution in [0.2, 0.25) is 0 Å². The minimum atomic E-state index is -3.27. The molecule has 0 bridgehead atoms. The number of pyridine rings is 1. The lowest BCUT2D eigenvalue weighted by Gasteiger charge is -2.32. The highest BCUT2D eigenvalue weighted by Crippen LogP contribution is 2.40. The van der Waals surface area contributed by atoms with Crippen LogP contribution < -0.4 is 10.6 Å². The summed E-state index contributed by atoms with van der Waals surface area (Å²) in [6, 6.07) is 16.8. The standard InChI is InChI=1S/C29H33N3O3S/c33-29(24-17-27(20-10-11-20)31-25-6-2-1-5-23(24)25)32-28(26-7-3-4-16-30-26)21-12-14-22(15-13-21)36(34,35)18-19-8-9-19/h1-2,5-6,12-15,17,19-20,26,28,30H,3-4,7-11,16,18H2,(H,32,33)/t26?,28-/m1/s1. The van der Waals surface area contributed by atoms with Crippen molar-refractivity contribution in [1.82, 2.24) is 15.6 Å². The minimum absolute atomic E-state index is 0.0904. The summed E-state index contributed by atoms with van der Waals surface area (Å²) in [6.45, 7) is 0.912. The van der Waals surface area contributed by atoms with Gasteiger partial charge < -0.3 is 10.6 Å². The molecule has 2 heterocycles. The number of hydrogen-bond donors (Lipinski definition) is 2. The Morgan fingerprint density at radius 2 is 1.78 bits per heavy atom. The van der Waals surface area contributed by atoms with Crippen molar-refractivity contribution < 1.29 is 13.2 Å². The van der Waals surface area contributed by atoms with Gasteiger partial charge in [0.1, 0.15) is 0 Å². The van der Waals surface area contributed by atoms with Crippen LogP contribution in [0, 0.1) is 5.92 Å². The molecule has 3 aliphatic rings. The summed E-state index contributed by atoms with van der Waals surface area (Å²) in [4.78, 5) is 19.0. The largest absolute Gasteiger partial charge is 0.344 e. The number of amides is 1. The van der Waals surface area contributed by atoms with Gasteiger partial charge >= 0.3 is 0 Å². The van der Waals surface area contributed by atoms with Crippen molar-refractivity contribution in [2.45, 2.75) is 67.8 Å². The second kappa shape index (κ2) is 9.60. The number of nitrogens with one attached hydrogen (secondary N) is 2. The van der Waals surface area contributed by atoms with Crippen LogP contribution in [0.5, 0.6) is 0 Å². The highest BCUT2D eigenvalue weighted by molar-refractivity contribution is 7.91. The van der Waals surface area contributed by atoms with Gasteiger partial charge in [-0.1, -0.05) is 36.8 Å². The number of sulfone groups is 1. The first-order valence-corrected chi connectivity index (χ1v) is 14.9. The molecule has 0 spiro atoms. The molecular formula is C29H33N3O3S. The van der Waals surface area contributed by atoms with Gasteiger partial charge in [0.05, 0.1) is 27.8 Å². The fourth-order valence-electron chi connectivity index (χ4n) is 5.34. The number of benzene rings is 2. The zero-order valence-electron chi connectivity index (χ0n) is 20.4. The van der Waals surface area contributed by atoms with Gasteiger partial charge in [-0.2, -0.15) is 0 Å². The Labute approximate surface area is 212 Å². The SMILES string of the molecule is O=C(N[C@H](c1ccc(S(=O)(=O)CC2CC2)cc1)C1CCCCN1)c1cc(C2CC2)nc2ccccc12. The summed E-state index contributed by atoms with van der Waals surface area (Å²) in [6.07, 6.45) is 7.43. The van der Waals surface area contributed by atoms with Gasteiger partial charge in [-0.15, -0.1) is 0 Å². The van der Waals surface area contributed by atoms with E-state index in [1.807, 2.05) is 42.5 Å². The fraction of sp³-hybridized carbons (Fsp3) is 0.448. The Bertz CT molecular complexity index is 1370. The van der Waals surface area contributed by atoms with Crippen LogP contribution in [0.4, 0.5) is 0 Å². The minimum Gasteiger partial charge on any atom is -0.344 e. The number of fused-ring (bicyclic) bond motifs is 1. The second-order valence-corrected chi connectivity index (χ2v) is 12.7. The van der Waals surface area contributed by atoms with Gasteiger partial charge in [-0.3, -0.25) is 9.78 Å². The lowest BCUT2D eigenvalue weighted by Crippen LogP contribution is -2.46. The van der Waals surface area contributed by atoms with E-state index >= 15 is 0 Å². The number of hydrogen-bond acceptors (Lipinski definition) is 5. The zero-order chi connectivity index (χ0) is 24.7. The van der Waals surface area contributed by atoms with E-state index in [4.69, 9.17) is 4.98 Å². The van der Waals surface area contributed by atoms with Crippen LogP contribution in [0.3, 0.4) is 0 Å². The van der Waals surface area contributed by atoms with E-state index < -0.39 is 9.84 Å². The maximum absolute atomic E-state index is 13.8. The van der Waals surface area contributed by atoms with Crippen molar-refractivity contribution in [1.29, 1.82) is 0 Å². The molecule has 36 heavy (non-hydrogen) atoms. The maximum atomic E-state index is 13.8. The molecule has 2 saturated carbocycles. The third-order valence-corrected chi connectivity index (χ3v) is 9.66. The topological polar surface area (TPSA) is 88.2 Å². The average molecular weight is 504 g/mol. The Balaban J connectivity index is 1.31. The molecular weight excluding hydrogens is 470 g/mol. The molecule has 2 aliphatic carbocycles. The van der Waals surface area contributed by atoms with Crippen LogP contribution in [-0.2, 0) is 9.84 Å². The molecule has 3 aromatic rings. The van der Waals surface area contributed by atoms with Crippen molar-refractivity contribution in [3.8, 4) is 0 Å². The van der Waals surface area contributed by atoms with E-state index in [-0.39, 0.29) is 23.7 Å². The predicted octanol–water partition coefficient (Wildman–Crippen LogP) is 4.91. The number of piperidine rings is 1. The average Bonchev–Trinajstić information content (AvgIpc) is 3.83. The van der Waals surface area contributed by atoms with E-state index in [0.29, 0.717) is 22.3 Å². The highest BCUT2D eigenvalue weighted by Gasteiger charge is 2.31. The summed E-state index contributed by atoms with van der Waals surface area (Å²) in [5.41, 5.74) is 3.43. The first-order valence-electron chi connectivity index (χ1n) is 13.2. The van der Waals surface area contributed by atoms with E-state index in [2.05, 4.69) is 10.6 Å². The van der Waals surface area contributed by atoms with E-state index in [1.165, 1.54) is 0 Å². The van der Waals surface area contributed by atoms with Crippen LogP contribution in [0.15, 0.2) is 59.5 Å². The number of carbonyl (C=O) groups is 1. The van der Waals surface area contributed by atoms with Gasteiger partial charge in [0.25, 0.3) is 5.91 Å². The summed E-state index contributed by atoms with van der Waals surface area (Å²) < 4.78 is 25.5. The monoisotopic (exact) mass is 503 g/mol. The van der Waals surface area contributed by atoms with E-state index in [1.54, 1.807) is 12.1 Å². The quantitative estimate of drug-likeness (QED) is 0.456. The molecule has 6 nitrogen and oxygen atoms in total. The Morgan fingerprint density at radius 3 is 2.47 bits per heavy atom.